The van der Waals surface area contributed by atoms with Gasteiger partial charge in [0.15, 0.2) is 0 Å². The highest BCUT2D eigenvalue weighted by Gasteiger charge is 2.09. The van der Waals surface area contributed by atoms with Gasteiger partial charge in [-0.15, -0.1) is 11.8 Å². The summed E-state index contributed by atoms with van der Waals surface area (Å²) in [5.41, 5.74) is 3.52. The monoisotopic (exact) mass is 290 g/mol. The van der Waals surface area contributed by atoms with Crippen molar-refractivity contribution >= 4 is 11.8 Å². The Bertz CT molecular complexity index is 544. The number of nitrogens with one attached hydrogen (secondary N) is 1. The van der Waals surface area contributed by atoms with Crippen LogP contribution in [0.4, 0.5) is 0 Å². The van der Waals surface area contributed by atoms with E-state index in [0.29, 0.717) is 6.04 Å². The van der Waals surface area contributed by atoms with Crippen molar-refractivity contribution in [1.82, 2.24) is 10.5 Å². The van der Waals surface area contributed by atoms with Crippen LogP contribution in [0.1, 0.15) is 36.4 Å². The zero-order chi connectivity index (χ0) is 14.5. The van der Waals surface area contributed by atoms with E-state index in [1.54, 1.807) is 0 Å². The number of hydrogen-bond donors (Lipinski definition) is 1. The number of nitrogens with zero attached hydrogens (tertiary/aromatic N) is 1. The Kier molecular flexibility index (Phi) is 5.26. The molecule has 0 aliphatic carbocycles. The molecule has 1 aromatic carbocycles. The van der Waals surface area contributed by atoms with Gasteiger partial charge in [0.05, 0.1) is 5.69 Å². The van der Waals surface area contributed by atoms with E-state index in [1.165, 1.54) is 16.0 Å². The summed E-state index contributed by atoms with van der Waals surface area (Å²) in [6, 6.07) is 9.19. The molecule has 0 spiro atoms. The van der Waals surface area contributed by atoms with Crippen molar-refractivity contribution in [1.29, 1.82) is 0 Å². The summed E-state index contributed by atoms with van der Waals surface area (Å²) in [6.07, 6.45) is 0. The lowest BCUT2D eigenvalue weighted by Gasteiger charge is -2.09. The zero-order valence-corrected chi connectivity index (χ0v) is 13.4. The van der Waals surface area contributed by atoms with Gasteiger partial charge < -0.3 is 9.84 Å². The molecular formula is C16H22N2OS. The van der Waals surface area contributed by atoms with Gasteiger partial charge in [0.1, 0.15) is 5.76 Å². The molecule has 0 saturated carbocycles. The van der Waals surface area contributed by atoms with E-state index in [2.05, 4.69) is 48.6 Å². The molecular weight excluding hydrogens is 268 g/mol. The minimum absolute atomic E-state index is 0.508. The van der Waals surface area contributed by atoms with Crippen LogP contribution in [0.5, 0.6) is 0 Å². The first-order valence-electron chi connectivity index (χ1n) is 6.93. The minimum Gasteiger partial charge on any atom is -0.361 e. The largest absolute Gasteiger partial charge is 0.361 e. The quantitative estimate of drug-likeness (QED) is 0.813. The fourth-order valence-electron chi connectivity index (χ4n) is 1.93. The molecule has 1 N–H and O–H groups in total. The summed E-state index contributed by atoms with van der Waals surface area (Å²) in [5, 5.41) is 7.44. The highest BCUT2D eigenvalue weighted by atomic mass is 32.2. The average Bonchev–Trinajstić information content (AvgIpc) is 2.74. The SMILES string of the molecule is Cc1noc(C)c1CSc1cccc(CNC(C)C)c1. The summed E-state index contributed by atoms with van der Waals surface area (Å²) in [6.45, 7) is 9.21. The van der Waals surface area contributed by atoms with E-state index in [4.69, 9.17) is 4.52 Å². The second-order valence-corrected chi connectivity index (χ2v) is 6.32. The standard InChI is InChI=1S/C16H22N2OS/c1-11(2)17-9-14-6-5-7-15(8-14)20-10-16-12(3)18-19-13(16)4/h5-8,11,17H,9-10H2,1-4H3. The first kappa shape index (κ1) is 15.1. The Morgan fingerprint density at radius 1 is 1.30 bits per heavy atom. The minimum atomic E-state index is 0.508. The topological polar surface area (TPSA) is 38.1 Å². The van der Waals surface area contributed by atoms with Crippen LogP contribution < -0.4 is 5.32 Å². The molecule has 0 aliphatic rings. The Labute approximate surface area is 125 Å². The fourth-order valence-corrected chi connectivity index (χ4v) is 3.06. The lowest BCUT2D eigenvalue weighted by atomic mass is 10.2. The third-order valence-corrected chi connectivity index (χ3v) is 4.20. The number of hydrogen-bond acceptors (Lipinski definition) is 4. The number of aryl methyl sites for hydroxylation is 2. The molecule has 20 heavy (non-hydrogen) atoms. The van der Waals surface area contributed by atoms with E-state index in [0.717, 1.165) is 23.8 Å². The van der Waals surface area contributed by atoms with Crippen molar-refractivity contribution < 1.29 is 4.52 Å². The molecule has 4 heteroatoms. The molecule has 3 nitrogen and oxygen atoms in total. The molecule has 0 unspecified atom stereocenters. The Balaban J connectivity index is 1.98. The predicted octanol–water partition coefficient (Wildman–Crippen LogP) is 4.08. The Morgan fingerprint density at radius 2 is 2.10 bits per heavy atom. The molecule has 0 aliphatic heterocycles. The lowest BCUT2D eigenvalue weighted by Crippen LogP contribution is -2.21. The van der Waals surface area contributed by atoms with Crippen LogP contribution in [0.25, 0.3) is 0 Å². The van der Waals surface area contributed by atoms with Crippen molar-refractivity contribution in [2.24, 2.45) is 0 Å². The maximum atomic E-state index is 5.20. The number of aromatic nitrogens is 1. The first-order chi connectivity index (χ1) is 9.56. The smallest absolute Gasteiger partial charge is 0.137 e. The summed E-state index contributed by atoms with van der Waals surface area (Å²) >= 11 is 1.83. The van der Waals surface area contributed by atoms with Crippen LogP contribution in [0, 0.1) is 13.8 Å². The van der Waals surface area contributed by atoms with Crippen LogP contribution >= 0.6 is 11.8 Å². The summed E-state index contributed by atoms with van der Waals surface area (Å²) in [4.78, 5) is 1.29. The highest BCUT2D eigenvalue weighted by Crippen LogP contribution is 2.26. The van der Waals surface area contributed by atoms with E-state index in [9.17, 15) is 0 Å². The molecule has 1 aromatic heterocycles. The summed E-state index contributed by atoms with van der Waals surface area (Å²) in [7, 11) is 0. The molecule has 2 rings (SSSR count). The predicted molar refractivity (Wildman–Crippen MR) is 84.0 cm³/mol. The Hall–Kier alpha value is -1.26. The first-order valence-corrected chi connectivity index (χ1v) is 7.91. The molecule has 0 fully saturated rings. The van der Waals surface area contributed by atoms with Crippen LogP contribution in [-0.4, -0.2) is 11.2 Å². The normalized spacial score (nSPS) is 11.2. The van der Waals surface area contributed by atoms with Crippen LogP contribution in [0.3, 0.4) is 0 Å². The van der Waals surface area contributed by atoms with Gasteiger partial charge in [0.2, 0.25) is 0 Å². The van der Waals surface area contributed by atoms with Gasteiger partial charge in [0, 0.05) is 28.8 Å². The maximum Gasteiger partial charge on any atom is 0.137 e. The zero-order valence-electron chi connectivity index (χ0n) is 12.6. The summed E-state index contributed by atoms with van der Waals surface area (Å²) in [5.74, 6) is 1.83. The number of benzene rings is 1. The molecule has 108 valence electrons. The van der Waals surface area contributed by atoms with Crippen LogP contribution in [-0.2, 0) is 12.3 Å². The lowest BCUT2D eigenvalue weighted by molar-refractivity contribution is 0.392. The second-order valence-electron chi connectivity index (χ2n) is 5.27. The second kappa shape index (κ2) is 6.95. The van der Waals surface area contributed by atoms with Gasteiger partial charge in [-0.3, -0.25) is 0 Å². The van der Waals surface area contributed by atoms with E-state index in [-0.39, 0.29) is 0 Å². The number of thioether (sulfide) groups is 1. The van der Waals surface area contributed by atoms with Crippen molar-refractivity contribution in [3.63, 3.8) is 0 Å². The molecule has 0 saturated heterocycles. The average molecular weight is 290 g/mol. The van der Waals surface area contributed by atoms with Crippen LogP contribution in [0.15, 0.2) is 33.7 Å². The third-order valence-electron chi connectivity index (χ3n) is 3.18. The van der Waals surface area contributed by atoms with Crippen molar-refractivity contribution in [3.8, 4) is 0 Å². The van der Waals surface area contributed by atoms with Gasteiger partial charge >= 0.3 is 0 Å². The van der Waals surface area contributed by atoms with Gasteiger partial charge in [-0.1, -0.05) is 31.1 Å². The molecule has 2 aromatic rings. The highest BCUT2D eigenvalue weighted by molar-refractivity contribution is 7.98. The van der Waals surface area contributed by atoms with Crippen molar-refractivity contribution in [3.05, 3.63) is 46.8 Å². The fraction of sp³-hybridized carbons (Fsp3) is 0.438. The van der Waals surface area contributed by atoms with E-state index < -0.39 is 0 Å². The summed E-state index contributed by atoms with van der Waals surface area (Å²) < 4.78 is 5.20. The van der Waals surface area contributed by atoms with Gasteiger partial charge in [-0.25, -0.2) is 0 Å². The van der Waals surface area contributed by atoms with Crippen molar-refractivity contribution in [2.75, 3.05) is 0 Å². The molecule has 0 amide bonds. The molecule has 0 atom stereocenters. The van der Waals surface area contributed by atoms with Crippen molar-refractivity contribution in [2.45, 2.75) is 50.9 Å². The van der Waals surface area contributed by atoms with Gasteiger partial charge in [-0.2, -0.15) is 0 Å². The third kappa shape index (κ3) is 4.12. The molecule has 0 radical (unpaired) electrons. The van der Waals surface area contributed by atoms with E-state index in [1.807, 2.05) is 25.6 Å². The van der Waals surface area contributed by atoms with Gasteiger partial charge in [0.25, 0.3) is 0 Å². The maximum absolute atomic E-state index is 5.20. The van der Waals surface area contributed by atoms with E-state index >= 15 is 0 Å². The van der Waals surface area contributed by atoms with Crippen LogP contribution in [0.2, 0.25) is 0 Å². The molecule has 0 bridgehead atoms. The molecule has 1 heterocycles. The number of rotatable bonds is 6. The Morgan fingerprint density at radius 3 is 2.75 bits per heavy atom. The van der Waals surface area contributed by atoms with Gasteiger partial charge in [-0.05, 0) is 31.5 Å².